The summed E-state index contributed by atoms with van der Waals surface area (Å²) in [5.41, 5.74) is 2.32. The average molecular weight is 383 g/mol. The zero-order valence-corrected chi connectivity index (χ0v) is 15.4. The van der Waals surface area contributed by atoms with Gasteiger partial charge in [0.2, 0.25) is 5.91 Å². The summed E-state index contributed by atoms with van der Waals surface area (Å²) < 4.78 is 32.3. The largest absolute Gasteiger partial charge is 0.337 e. The Morgan fingerprint density at radius 1 is 1.18 bits per heavy atom. The molecule has 0 bridgehead atoms. The molecule has 0 spiro atoms. The normalized spacial score (nSPS) is 16.8. The molecule has 0 radical (unpaired) electrons. The molecule has 1 aliphatic rings. The highest BCUT2D eigenvalue weighted by Crippen LogP contribution is 2.29. The van der Waals surface area contributed by atoms with Crippen LogP contribution in [0.2, 0.25) is 0 Å². The Hall–Kier alpha value is -3.09. The highest BCUT2D eigenvalue weighted by Gasteiger charge is 2.34. The maximum atomic E-state index is 13.9. The molecule has 5 nitrogen and oxygen atoms in total. The Kier molecular flexibility index (Phi) is 4.90. The molecule has 0 N–H and O–H groups in total. The standard InChI is InChI=1S/C21H19F2N3O2/c1-2-13-3-5-14(6-4-13)21-24-20(25-28-21)16-9-19(27)26(12-16)11-15-7-8-17(22)10-18(15)23/h3-8,10,16H,2,9,11-12H2,1H3. The van der Waals surface area contributed by atoms with Gasteiger partial charge >= 0.3 is 0 Å². The first-order valence-corrected chi connectivity index (χ1v) is 9.18. The van der Waals surface area contributed by atoms with Crippen LogP contribution in [0.4, 0.5) is 8.78 Å². The van der Waals surface area contributed by atoms with Crippen LogP contribution in [0.25, 0.3) is 11.5 Å². The van der Waals surface area contributed by atoms with Crippen molar-refractivity contribution in [3.63, 3.8) is 0 Å². The van der Waals surface area contributed by atoms with Crippen LogP contribution in [-0.2, 0) is 17.8 Å². The van der Waals surface area contributed by atoms with Crippen molar-refractivity contribution < 1.29 is 18.1 Å². The Bertz CT molecular complexity index is 1000. The number of carbonyl (C=O) groups excluding carboxylic acids is 1. The predicted octanol–water partition coefficient (Wildman–Crippen LogP) is 4.09. The number of likely N-dealkylation sites (tertiary alicyclic amines) is 1. The number of amides is 1. The van der Waals surface area contributed by atoms with Crippen LogP contribution in [-0.4, -0.2) is 27.5 Å². The molecule has 2 aromatic carbocycles. The lowest BCUT2D eigenvalue weighted by molar-refractivity contribution is -0.128. The number of hydrogen-bond donors (Lipinski definition) is 0. The van der Waals surface area contributed by atoms with E-state index >= 15 is 0 Å². The molecule has 2 heterocycles. The van der Waals surface area contributed by atoms with Crippen molar-refractivity contribution in [1.82, 2.24) is 15.0 Å². The van der Waals surface area contributed by atoms with Crippen molar-refractivity contribution in [2.45, 2.75) is 32.2 Å². The van der Waals surface area contributed by atoms with Crippen molar-refractivity contribution in [3.8, 4) is 11.5 Å². The maximum Gasteiger partial charge on any atom is 0.257 e. The first-order chi connectivity index (χ1) is 13.5. The monoisotopic (exact) mass is 383 g/mol. The van der Waals surface area contributed by atoms with Crippen molar-refractivity contribution in [2.75, 3.05) is 6.54 Å². The number of halogens is 2. The molecule has 1 aromatic heterocycles. The van der Waals surface area contributed by atoms with E-state index in [1.807, 2.05) is 24.3 Å². The van der Waals surface area contributed by atoms with Gasteiger partial charge in [0.05, 0.1) is 0 Å². The lowest BCUT2D eigenvalue weighted by Gasteiger charge is -2.16. The lowest BCUT2D eigenvalue weighted by atomic mass is 10.1. The number of aromatic nitrogens is 2. The fourth-order valence-electron chi connectivity index (χ4n) is 3.35. The number of carbonyl (C=O) groups is 1. The molecule has 1 fully saturated rings. The zero-order chi connectivity index (χ0) is 19.7. The van der Waals surface area contributed by atoms with Crippen molar-refractivity contribution in [2.24, 2.45) is 0 Å². The Morgan fingerprint density at radius 3 is 2.68 bits per heavy atom. The maximum absolute atomic E-state index is 13.9. The minimum atomic E-state index is -0.659. The molecule has 28 heavy (non-hydrogen) atoms. The highest BCUT2D eigenvalue weighted by atomic mass is 19.1. The first kappa shape index (κ1) is 18.3. The van der Waals surface area contributed by atoms with E-state index in [9.17, 15) is 13.6 Å². The molecule has 1 atom stereocenters. The van der Waals surface area contributed by atoms with Gasteiger partial charge in [-0.1, -0.05) is 30.3 Å². The van der Waals surface area contributed by atoms with Crippen LogP contribution in [0.15, 0.2) is 47.0 Å². The third-order valence-corrected chi connectivity index (χ3v) is 5.01. The van der Waals surface area contributed by atoms with Crippen LogP contribution in [0.3, 0.4) is 0 Å². The fraction of sp³-hybridized carbons (Fsp3) is 0.286. The van der Waals surface area contributed by atoms with Crippen LogP contribution >= 0.6 is 0 Å². The summed E-state index contributed by atoms with van der Waals surface area (Å²) in [7, 11) is 0. The average Bonchev–Trinajstić information content (AvgIpc) is 3.31. The molecule has 0 aliphatic carbocycles. The van der Waals surface area contributed by atoms with Crippen LogP contribution in [0, 0.1) is 11.6 Å². The summed E-state index contributed by atoms with van der Waals surface area (Å²) in [4.78, 5) is 18.3. The summed E-state index contributed by atoms with van der Waals surface area (Å²) in [5, 5.41) is 4.03. The van der Waals surface area contributed by atoms with Gasteiger partial charge in [-0.05, 0) is 30.2 Å². The van der Waals surface area contributed by atoms with Gasteiger partial charge in [0.1, 0.15) is 11.6 Å². The number of hydrogen-bond acceptors (Lipinski definition) is 4. The SMILES string of the molecule is CCc1ccc(-c2nc(C3CC(=O)N(Cc4ccc(F)cc4F)C3)no2)cc1. The van der Waals surface area contributed by atoms with Gasteiger partial charge in [0.15, 0.2) is 5.82 Å². The molecule has 7 heteroatoms. The lowest BCUT2D eigenvalue weighted by Crippen LogP contribution is -2.25. The van der Waals surface area contributed by atoms with E-state index in [-0.39, 0.29) is 30.4 Å². The Morgan fingerprint density at radius 2 is 1.96 bits per heavy atom. The van der Waals surface area contributed by atoms with E-state index in [0.29, 0.717) is 18.3 Å². The van der Waals surface area contributed by atoms with Gasteiger partial charge in [-0.15, -0.1) is 0 Å². The van der Waals surface area contributed by atoms with Gasteiger partial charge in [0, 0.05) is 42.6 Å². The predicted molar refractivity (Wildman–Crippen MR) is 98.2 cm³/mol. The second-order valence-corrected chi connectivity index (χ2v) is 6.92. The third kappa shape index (κ3) is 3.65. The molecular weight excluding hydrogens is 364 g/mol. The molecule has 1 saturated heterocycles. The molecule has 1 unspecified atom stereocenters. The molecule has 1 amide bonds. The van der Waals surface area contributed by atoms with Gasteiger partial charge in [-0.2, -0.15) is 4.98 Å². The zero-order valence-electron chi connectivity index (χ0n) is 15.4. The number of rotatable bonds is 5. The molecule has 4 rings (SSSR count). The topological polar surface area (TPSA) is 59.2 Å². The van der Waals surface area contributed by atoms with Gasteiger partial charge in [-0.3, -0.25) is 4.79 Å². The molecule has 1 aliphatic heterocycles. The number of benzene rings is 2. The molecule has 3 aromatic rings. The van der Waals surface area contributed by atoms with Crippen molar-refractivity contribution in [1.29, 1.82) is 0 Å². The molecular formula is C21H19F2N3O2. The van der Waals surface area contributed by atoms with Gasteiger partial charge in [0.25, 0.3) is 5.89 Å². The minimum Gasteiger partial charge on any atom is -0.337 e. The van der Waals surface area contributed by atoms with E-state index in [1.54, 1.807) is 0 Å². The minimum absolute atomic E-state index is 0.0879. The Labute approximate surface area is 161 Å². The van der Waals surface area contributed by atoms with Crippen LogP contribution in [0.1, 0.15) is 36.2 Å². The van der Waals surface area contributed by atoms with Crippen LogP contribution < -0.4 is 0 Å². The van der Waals surface area contributed by atoms with Gasteiger partial charge in [-0.25, -0.2) is 8.78 Å². The first-order valence-electron chi connectivity index (χ1n) is 9.18. The van der Waals surface area contributed by atoms with E-state index in [2.05, 4.69) is 17.1 Å². The summed E-state index contributed by atoms with van der Waals surface area (Å²) in [6.45, 7) is 2.54. The van der Waals surface area contributed by atoms with E-state index < -0.39 is 11.6 Å². The van der Waals surface area contributed by atoms with Crippen molar-refractivity contribution >= 4 is 5.91 Å². The number of nitrogens with zero attached hydrogens (tertiary/aromatic N) is 3. The van der Waals surface area contributed by atoms with E-state index in [1.165, 1.54) is 22.6 Å². The summed E-state index contributed by atoms with van der Waals surface area (Å²) in [6.07, 6.45) is 1.18. The quantitative estimate of drug-likeness (QED) is 0.666. The summed E-state index contributed by atoms with van der Waals surface area (Å²) in [5.74, 6) is -0.763. The highest BCUT2D eigenvalue weighted by molar-refractivity contribution is 5.79. The van der Waals surface area contributed by atoms with Crippen LogP contribution in [0.5, 0.6) is 0 Å². The van der Waals surface area contributed by atoms with Crippen molar-refractivity contribution in [3.05, 3.63) is 71.1 Å². The van der Waals surface area contributed by atoms with E-state index in [4.69, 9.17) is 4.52 Å². The fourth-order valence-corrected chi connectivity index (χ4v) is 3.35. The third-order valence-electron chi connectivity index (χ3n) is 5.01. The Balaban J connectivity index is 1.47. The second-order valence-electron chi connectivity index (χ2n) is 6.92. The second kappa shape index (κ2) is 7.50. The summed E-state index contributed by atoms with van der Waals surface area (Å²) >= 11 is 0. The smallest absolute Gasteiger partial charge is 0.257 e. The van der Waals surface area contributed by atoms with E-state index in [0.717, 1.165) is 18.1 Å². The summed E-state index contributed by atoms with van der Waals surface area (Å²) in [6, 6.07) is 11.2. The van der Waals surface area contributed by atoms with Gasteiger partial charge < -0.3 is 9.42 Å². The molecule has 0 saturated carbocycles. The number of aryl methyl sites for hydroxylation is 1. The molecule has 144 valence electrons.